The summed E-state index contributed by atoms with van der Waals surface area (Å²) in [4.78, 5) is 24.8. The first-order chi connectivity index (χ1) is 16.6. The van der Waals surface area contributed by atoms with Crippen LogP contribution in [0.5, 0.6) is 0 Å². The van der Waals surface area contributed by atoms with Gasteiger partial charge in [-0.05, 0) is 41.7 Å². The molecule has 0 saturated carbocycles. The average molecular weight is 453 g/mol. The van der Waals surface area contributed by atoms with Gasteiger partial charge in [0.15, 0.2) is 0 Å². The van der Waals surface area contributed by atoms with Crippen LogP contribution in [0.1, 0.15) is 34.1 Å². The number of carboxylic acids is 1. The molecule has 0 bridgehead atoms. The summed E-state index contributed by atoms with van der Waals surface area (Å²) in [5, 5.41) is 9.48. The molecule has 0 aliphatic rings. The van der Waals surface area contributed by atoms with Crippen molar-refractivity contribution in [3.05, 3.63) is 130 Å². The van der Waals surface area contributed by atoms with Crippen molar-refractivity contribution in [1.29, 1.82) is 0 Å². The molecule has 0 fully saturated rings. The maximum atomic E-state index is 13.2. The minimum absolute atomic E-state index is 0.0178. The Kier molecular flexibility index (Phi) is 7.23. The molecule has 3 aromatic carbocycles. The second kappa shape index (κ2) is 10.7. The van der Waals surface area contributed by atoms with Crippen LogP contribution in [0.4, 0.5) is 0 Å². The lowest BCUT2D eigenvalue weighted by atomic mass is 9.99. The smallest absolute Gasteiger partial charge is 0.336 e. The SMILES string of the molecule is C/C=C/Cc1cn(CCc2ccccc2)c(=O)n1Cc1ccc(-c2ccccc2C(=O)O)cc1. The number of carboxylic acid groups (broad SMARTS) is 1. The molecular weight excluding hydrogens is 424 g/mol. The fourth-order valence-electron chi connectivity index (χ4n) is 4.10. The number of aromatic carboxylic acids is 1. The third-order valence-electron chi connectivity index (χ3n) is 5.94. The van der Waals surface area contributed by atoms with Gasteiger partial charge in [0.05, 0.1) is 12.1 Å². The fourth-order valence-corrected chi connectivity index (χ4v) is 4.10. The van der Waals surface area contributed by atoms with Gasteiger partial charge in [0.1, 0.15) is 0 Å². The molecule has 1 aromatic heterocycles. The van der Waals surface area contributed by atoms with Gasteiger partial charge in [-0.1, -0.05) is 84.9 Å². The van der Waals surface area contributed by atoms with Crippen LogP contribution in [0.25, 0.3) is 11.1 Å². The molecule has 172 valence electrons. The first-order valence-corrected chi connectivity index (χ1v) is 11.4. The van der Waals surface area contributed by atoms with E-state index >= 15 is 0 Å². The van der Waals surface area contributed by atoms with Crippen LogP contribution in [0.2, 0.25) is 0 Å². The number of aromatic nitrogens is 2. The number of carbonyl (C=O) groups is 1. The first kappa shape index (κ1) is 23.1. The summed E-state index contributed by atoms with van der Waals surface area (Å²) in [6.45, 7) is 3.07. The minimum Gasteiger partial charge on any atom is -0.478 e. The van der Waals surface area contributed by atoms with Crippen molar-refractivity contribution < 1.29 is 9.90 Å². The van der Waals surface area contributed by atoms with E-state index in [4.69, 9.17) is 0 Å². The van der Waals surface area contributed by atoms with Crippen molar-refractivity contribution in [2.75, 3.05) is 0 Å². The second-order valence-corrected chi connectivity index (χ2v) is 8.24. The highest BCUT2D eigenvalue weighted by Gasteiger charge is 2.13. The van der Waals surface area contributed by atoms with E-state index in [2.05, 4.69) is 18.2 Å². The van der Waals surface area contributed by atoms with Crippen LogP contribution < -0.4 is 5.69 Å². The molecule has 0 unspecified atom stereocenters. The molecule has 0 aliphatic heterocycles. The lowest BCUT2D eigenvalue weighted by molar-refractivity contribution is 0.0697. The maximum Gasteiger partial charge on any atom is 0.336 e. The van der Waals surface area contributed by atoms with Crippen LogP contribution in [-0.4, -0.2) is 20.2 Å². The molecule has 0 atom stereocenters. The topological polar surface area (TPSA) is 64.2 Å². The molecule has 5 heteroatoms. The van der Waals surface area contributed by atoms with Crippen LogP contribution >= 0.6 is 0 Å². The fraction of sp³-hybridized carbons (Fsp3) is 0.172. The van der Waals surface area contributed by atoms with Gasteiger partial charge in [-0.25, -0.2) is 9.59 Å². The summed E-state index contributed by atoms with van der Waals surface area (Å²) in [7, 11) is 0. The Morgan fingerprint density at radius 2 is 1.62 bits per heavy atom. The average Bonchev–Trinajstić information content (AvgIpc) is 3.16. The zero-order chi connectivity index (χ0) is 23.9. The van der Waals surface area contributed by atoms with Gasteiger partial charge in [0, 0.05) is 24.9 Å². The van der Waals surface area contributed by atoms with E-state index in [1.807, 2.05) is 78.4 Å². The molecule has 0 saturated heterocycles. The molecule has 0 spiro atoms. The Hall–Kier alpha value is -4.12. The molecule has 4 rings (SSSR count). The van der Waals surface area contributed by atoms with Gasteiger partial charge in [-0.2, -0.15) is 0 Å². The Bertz CT molecular complexity index is 1350. The van der Waals surface area contributed by atoms with Crippen molar-refractivity contribution in [3.63, 3.8) is 0 Å². The molecule has 0 aliphatic carbocycles. The Morgan fingerprint density at radius 1 is 0.912 bits per heavy atom. The summed E-state index contributed by atoms with van der Waals surface area (Å²) < 4.78 is 3.62. The summed E-state index contributed by atoms with van der Waals surface area (Å²) in [5.74, 6) is -0.948. The number of aryl methyl sites for hydroxylation is 2. The van der Waals surface area contributed by atoms with E-state index in [9.17, 15) is 14.7 Å². The third-order valence-corrected chi connectivity index (χ3v) is 5.94. The van der Waals surface area contributed by atoms with Crippen molar-refractivity contribution >= 4 is 5.97 Å². The predicted molar refractivity (Wildman–Crippen MR) is 135 cm³/mol. The van der Waals surface area contributed by atoms with Crippen molar-refractivity contribution in [3.8, 4) is 11.1 Å². The molecule has 1 heterocycles. The van der Waals surface area contributed by atoms with Gasteiger partial charge < -0.3 is 5.11 Å². The number of imidazole rings is 1. The summed E-state index contributed by atoms with van der Waals surface area (Å²) >= 11 is 0. The molecule has 4 aromatic rings. The monoisotopic (exact) mass is 452 g/mol. The molecule has 0 amide bonds. The Balaban J connectivity index is 1.58. The Morgan fingerprint density at radius 3 is 2.32 bits per heavy atom. The van der Waals surface area contributed by atoms with E-state index in [1.54, 1.807) is 16.7 Å². The number of nitrogens with zero attached hydrogens (tertiary/aromatic N) is 2. The predicted octanol–water partition coefficient (Wildman–Crippen LogP) is 5.42. The van der Waals surface area contributed by atoms with Gasteiger partial charge in [0.2, 0.25) is 0 Å². The van der Waals surface area contributed by atoms with Crippen LogP contribution in [0.15, 0.2) is 102 Å². The second-order valence-electron chi connectivity index (χ2n) is 8.24. The van der Waals surface area contributed by atoms with Gasteiger partial charge >= 0.3 is 11.7 Å². The van der Waals surface area contributed by atoms with Crippen LogP contribution in [-0.2, 0) is 25.9 Å². The van der Waals surface area contributed by atoms with E-state index in [1.165, 1.54) is 5.56 Å². The number of allylic oxidation sites excluding steroid dienone is 2. The molecule has 5 nitrogen and oxygen atoms in total. The van der Waals surface area contributed by atoms with Crippen LogP contribution in [0.3, 0.4) is 0 Å². The normalized spacial score (nSPS) is 11.2. The standard InChI is InChI=1S/C29H28N2O3/c1-2-3-11-25-21-30(19-18-22-9-5-4-6-10-22)29(34)31(25)20-23-14-16-24(17-15-23)26-12-7-8-13-27(26)28(32)33/h2-10,12-17,21H,11,18-20H2,1H3,(H,32,33)/b3-2+. The highest BCUT2D eigenvalue weighted by atomic mass is 16.4. The quantitative estimate of drug-likeness (QED) is 0.345. The lowest BCUT2D eigenvalue weighted by Gasteiger charge is -2.09. The maximum absolute atomic E-state index is 13.2. The van der Waals surface area contributed by atoms with Crippen molar-refractivity contribution in [2.45, 2.75) is 32.9 Å². The molecule has 1 N–H and O–H groups in total. The van der Waals surface area contributed by atoms with Gasteiger partial charge in [-0.3, -0.25) is 9.13 Å². The first-order valence-electron chi connectivity index (χ1n) is 11.4. The number of hydrogen-bond donors (Lipinski definition) is 1. The highest BCUT2D eigenvalue weighted by molar-refractivity contribution is 5.95. The van der Waals surface area contributed by atoms with E-state index in [0.29, 0.717) is 25.1 Å². The molecular formula is C29H28N2O3. The van der Waals surface area contributed by atoms with E-state index in [0.717, 1.165) is 23.2 Å². The largest absolute Gasteiger partial charge is 0.478 e. The highest BCUT2D eigenvalue weighted by Crippen LogP contribution is 2.24. The zero-order valence-electron chi connectivity index (χ0n) is 19.2. The van der Waals surface area contributed by atoms with Crippen molar-refractivity contribution in [2.24, 2.45) is 0 Å². The summed E-state index contributed by atoms with van der Waals surface area (Å²) in [5.41, 5.74) is 4.93. The third kappa shape index (κ3) is 5.26. The minimum atomic E-state index is -0.948. The Labute approximate surface area is 199 Å². The number of rotatable bonds is 9. The molecule has 34 heavy (non-hydrogen) atoms. The lowest BCUT2D eigenvalue weighted by Crippen LogP contribution is -2.26. The van der Waals surface area contributed by atoms with Gasteiger partial charge in [0.25, 0.3) is 0 Å². The van der Waals surface area contributed by atoms with E-state index < -0.39 is 5.97 Å². The zero-order valence-corrected chi connectivity index (χ0v) is 19.2. The number of hydrogen-bond acceptors (Lipinski definition) is 2. The summed E-state index contributed by atoms with van der Waals surface area (Å²) in [6.07, 6.45) is 7.49. The van der Waals surface area contributed by atoms with Crippen molar-refractivity contribution in [1.82, 2.24) is 9.13 Å². The number of benzene rings is 3. The van der Waals surface area contributed by atoms with E-state index in [-0.39, 0.29) is 11.3 Å². The summed E-state index contributed by atoms with van der Waals surface area (Å²) in [6, 6.07) is 24.9. The van der Waals surface area contributed by atoms with Gasteiger partial charge in [-0.15, -0.1) is 0 Å². The molecule has 0 radical (unpaired) electrons. The van der Waals surface area contributed by atoms with Crippen LogP contribution in [0, 0.1) is 0 Å².